The number of halogens is 1. The molecule has 0 atom stereocenters. The number of ether oxygens (including phenoxy) is 1. The van der Waals surface area contributed by atoms with Gasteiger partial charge in [-0.15, -0.1) is 0 Å². The van der Waals surface area contributed by atoms with Crippen LogP contribution in [0.3, 0.4) is 0 Å². The SMILES string of the molecule is Cc1ccc(OCc2ccccc2)c(NS(=O)(=O)c2cc(Br)cc(C(=O)O)c2)c1. The molecule has 6 nitrogen and oxygen atoms in total. The lowest BCUT2D eigenvalue weighted by Crippen LogP contribution is -2.15. The van der Waals surface area contributed by atoms with Crippen LogP contribution >= 0.6 is 15.9 Å². The number of anilines is 1. The molecule has 3 rings (SSSR count). The van der Waals surface area contributed by atoms with Crippen LogP contribution in [-0.2, 0) is 16.6 Å². The maximum atomic E-state index is 12.9. The molecule has 0 radical (unpaired) electrons. The van der Waals surface area contributed by atoms with Gasteiger partial charge >= 0.3 is 5.97 Å². The Morgan fingerprint density at radius 2 is 1.79 bits per heavy atom. The van der Waals surface area contributed by atoms with Gasteiger partial charge in [0.25, 0.3) is 10.0 Å². The molecule has 0 unspecified atom stereocenters. The van der Waals surface area contributed by atoms with Crippen molar-refractivity contribution in [2.45, 2.75) is 18.4 Å². The van der Waals surface area contributed by atoms with Crippen LogP contribution in [0.25, 0.3) is 0 Å². The van der Waals surface area contributed by atoms with E-state index in [9.17, 15) is 18.3 Å². The van der Waals surface area contributed by atoms with E-state index in [1.54, 1.807) is 12.1 Å². The summed E-state index contributed by atoms with van der Waals surface area (Å²) in [5.74, 6) is -0.846. The highest BCUT2D eigenvalue weighted by Crippen LogP contribution is 2.30. The third-order valence-corrected chi connectivity index (χ3v) is 5.85. The number of carbonyl (C=O) groups is 1. The van der Waals surface area contributed by atoms with Crippen LogP contribution in [0.4, 0.5) is 5.69 Å². The fraction of sp³-hybridized carbons (Fsp3) is 0.0952. The van der Waals surface area contributed by atoms with Gasteiger partial charge in [-0.25, -0.2) is 13.2 Å². The molecule has 29 heavy (non-hydrogen) atoms. The number of aromatic carboxylic acids is 1. The minimum absolute atomic E-state index is 0.135. The van der Waals surface area contributed by atoms with E-state index >= 15 is 0 Å². The first-order valence-electron chi connectivity index (χ1n) is 8.59. The maximum absolute atomic E-state index is 12.9. The lowest BCUT2D eigenvalue weighted by atomic mass is 10.2. The molecular weight excluding hydrogens is 458 g/mol. The van der Waals surface area contributed by atoms with Gasteiger partial charge in [0, 0.05) is 4.47 Å². The third-order valence-electron chi connectivity index (χ3n) is 4.05. The molecule has 2 N–H and O–H groups in total. The van der Waals surface area contributed by atoms with Gasteiger partial charge in [0.15, 0.2) is 0 Å². The van der Waals surface area contributed by atoms with Crippen LogP contribution in [0.1, 0.15) is 21.5 Å². The second kappa shape index (κ2) is 8.67. The van der Waals surface area contributed by atoms with Crippen LogP contribution in [0.5, 0.6) is 5.75 Å². The molecule has 0 aliphatic carbocycles. The van der Waals surface area contributed by atoms with Crippen molar-refractivity contribution in [1.29, 1.82) is 0 Å². The van der Waals surface area contributed by atoms with E-state index in [0.29, 0.717) is 10.2 Å². The predicted molar refractivity (Wildman–Crippen MR) is 114 cm³/mol. The lowest BCUT2D eigenvalue weighted by Gasteiger charge is -2.15. The summed E-state index contributed by atoms with van der Waals surface area (Å²) < 4.78 is 34.4. The number of hydrogen-bond acceptors (Lipinski definition) is 4. The highest BCUT2D eigenvalue weighted by molar-refractivity contribution is 9.10. The summed E-state index contributed by atoms with van der Waals surface area (Å²) in [6, 6.07) is 18.5. The van der Waals surface area contributed by atoms with E-state index in [2.05, 4.69) is 20.7 Å². The number of carboxylic acids is 1. The highest BCUT2D eigenvalue weighted by Gasteiger charge is 2.20. The van der Waals surface area contributed by atoms with Gasteiger partial charge in [-0.3, -0.25) is 4.72 Å². The van der Waals surface area contributed by atoms with Crippen LogP contribution in [0, 0.1) is 6.92 Å². The Hall–Kier alpha value is -2.84. The molecule has 0 fully saturated rings. The average molecular weight is 476 g/mol. The van der Waals surface area contributed by atoms with Crippen molar-refractivity contribution >= 4 is 37.6 Å². The molecule has 150 valence electrons. The largest absolute Gasteiger partial charge is 0.487 e. The van der Waals surface area contributed by atoms with E-state index in [0.717, 1.165) is 17.2 Å². The van der Waals surface area contributed by atoms with Gasteiger partial charge in [0.05, 0.1) is 16.1 Å². The Morgan fingerprint density at radius 1 is 1.07 bits per heavy atom. The Labute approximate surface area is 177 Å². The van der Waals surface area contributed by atoms with Gasteiger partial charge in [-0.2, -0.15) is 0 Å². The van der Waals surface area contributed by atoms with Crippen molar-refractivity contribution in [2.75, 3.05) is 4.72 Å². The summed E-state index contributed by atoms with van der Waals surface area (Å²) in [6.45, 7) is 2.11. The van der Waals surface area contributed by atoms with Crippen molar-refractivity contribution in [3.8, 4) is 5.75 Å². The first-order chi connectivity index (χ1) is 13.7. The van der Waals surface area contributed by atoms with Gasteiger partial charge < -0.3 is 9.84 Å². The molecule has 0 aliphatic rings. The normalized spacial score (nSPS) is 11.1. The summed E-state index contributed by atoms with van der Waals surface area (Å²) in [5, 5.41) is 9.19. The summed E-state index contributed by atoms with van der Waals surface area (Å²) >= 11 is 3.16. The zero-order valence-corrected chi connectivity index (χ0v) is 17.8. The second-order valence-electron chi connectivity index (χ2n) is 6.36. The number of hydrogen-bond donors (Lipinski definition) is 2. The fourth-order valence-electron chi connectivity index (χ4n) is 2.63. The number of carboxylic acid groups (broad SMARTS) is 1. The van der Waals surface area contributed by atoms with Crippen LogP contribution in [0.15, 0.2) is 76.1 Å². The monoisotopic (exact) mass is 475 g/mol. The Morgan fingerprint density at radius 3 is 2.48 bits per heavy atom. The molecule has 0 saturated carbocycles. The van der Waals surface area contributed by atoms with Crippen molar-refractivity contribution in [2.24, 2.45) is 0 Å². The predicted octanol–water partition coefficient (Wildman–Crippen LogP) is 4.84. The maximum Gasteiger partial charge on any atom is 0.335 e. The molecule has 0 bridgehead atoms. The van der Waals surface area contributed by atoms with E-state index in [1.807, 2.05) is 43.3 Å². The number of rotatable bonds is 7. The third kappa shape index (κ3) is 5.36. The lowest BCUT2D eigenvalue weighted by molar-refractivity contribution is 0.0696. The van der Waals surface area contributed by atoms with Crippen molar-refractivity contribution in [1.82, 2.24) is 0 Å². The Kier molecular flexibility index (Phi) is 6.24. The molecule has 0 amide bonds. The zero-order chi connectivity index (χ0) is 21.0. The number of benzene rings is 3. The Balaban J connectivity index is 1.90. The molecule has 0 aromatic heterocycles. The summed E-state index contributed by atoms with van der Waals surface area (Å²) in [4.78, 5) is 11.1. The summed E-state index contributed by atoms with van der Waals surface area (Å²) in [5.41, 5.74) is 1.93. The number of aryl methyl sites for hydroxylation is 1. The van der Waals surface area contributed by atoms with Crippen LogP contribution in [-0.4, -0.2) is 19.5 Å². The average Bonchev–Trinajstić information content (AvgIpc) is 2.67. The smallest absolute Gasteiger partial charge is 0.335 e. The molecule has 3 aromatic carbocycles. The van der Waals surface area contributed by atoms with Gasteiger partial charge in [0.2, 0.25) is 0 Å². The second-order valence-corrected chi connectivity index (χ2v) is 8.96. The topological polar surface area (TPSA) is 92.7 Å². The quantitative estimate of drug-likeness (QED) is 0.510. The molecule has 0 saturated heterocycles. The van der Waals surface area contributed by atoms with Crippen molar-refractivity contribution in [3.63, 3.8) is 0 Å². The number of sulfonamides is 1. The molecule has 0 aliphatic heterocycles. The number of nitrogens with one attached hydrogen (secondary N) is 1. The minimum atomic E-state index is -4.04. The highest BCUT2D eigenvalue weighted by atomic mass is 79.9. The van der Waals surface area contributed by atoms with Gasteiger partial charge in [0.1, 0.15) is 12.4 Å². The molecule has 0 spiro atoms. The molecule has 3 aromatic rings. The van der Waals surface area contributed by atoms with Crippen LogP contribution < -0.4 is 9.46 Å². The van der Waals surface area contributed by atoms with Gasteiger partial charge in [-0.1, -0.05) is 52.3 Å². The molecule has 8 heteroatoms. The molecule has 0 heterocycles. The first kappa shape index (κ1) is 20.9. The van der Waals surface area contributed by atoms with Gasteiger partial charge in [-0.05, 0) is 48.4 Å². The van der Waals surface area contributed by atoms with Crippen LogP contribution in [0.2, 0.25) is 0 Å². The van der Waals surface area contributed by atoms with E-state index in [4.69, 9.17) is 4.74 Å². The minimum Gasteiger partial charge on any atom is -0.487 e. The summed E-state index contributed by atoms with van der Waals surface area (Å²) in [7, 11) is -4.04. The van der Waals surface area contributed by atoms with E-state index in [-0.39, 0.29) is 22.8 Å². The fourth-order valence-corrected chi connectivity index (χ4v) is 4.41. The molecular formula is C21H18BrNO5S. The standard InChI is InChI=1S/C21H18BrNO5S/c1-14-7-8-20(28-13-15-5-3-2-4-6-15)19(9-14)23-29(26,27)18-11-16(21(24)25)10-17(22)12-18/h2-12,23H,13H2,1H3,(H,24,25). The zero-order valence-electron chi connectivity index (χ0n) is 15.4. The summed E-state index contributed by atoms with van der Waals surface area (Å²) in [6.07, 6.45) is 0. The van der Waals surface area contributed by atoms with E-state index in [1.165, 1.54) is 12.1 Å². The van der Waals surface area contributed by atoms with Crippen molar-refractivity contribution in [3.05, 3.63) is 87.9 Å². The Bertz CT molecular complexity index is 1150. The van der Waals surface area contributed by atoms with E-state index < -0.39 is 16.0 Å². The van der Waals surface area contributed by atoms with Crippen molar-refractivity contribution < 1.29 is 23.1 Å². The first-order valence-corrected chi connectivity index (χ1v) is 10.9.